The second kappa shape index (κ2) is 7.18. The molecule has 0 spiro atoms. The molecule has 0 aliphatic carbocycles. The molecule has 2 rings (SSSR count). The summed E-state index contributed by atoms with van der Waals surface area (Å²) in [6.45, 7) is 2.06. The molecule has 0 radical (unpaired) electrons. The molecule has 0 N–H and O–H groups in total. The maximum atomic E-state index is 12.3. The van der Waals surface area contributed by atoms with Gasteiger partial charge in [0.2, 0.25) is 0 Å². The van der Waals surface area contributed by atoms with Crippen LogP contribution in [0.4, 0.5) is 0 Å². The number of methoxy groups -OCH3 is 1. The van der Waals surface area contributed by atoms with Gasteiger partial charge in [0.05, 0.1) is 28.6 Å². The highest BCUT2D eigenvalue weighted by atomic mass is 32.2. The van der Waals surface area contributed by atoms with Crippen LogP contribution in [0.25, 0.3) is 0 Å². The predicted molar refractivity (Wildman–Crippen MR) is 84.4 cm³/mol. The van der Waals surface area contributed by atoms with Crippen LogP contribution in [-0.4, -0.2) is 22.9 Å². The van der Waals surface area contributed by atoms with E-state index >= 15 is 0 Å². The number of carbonyl (C=O) groups excluding carboxylic acids is 1. The van der Waals surface area contributed by atoms with Crippen molar-refractivity contribution < 1.29 is 13.7 Å². The molecule has 1 unspecified atom stereocenters. The van der Waals surface area contributed by atoms with Crippen molar-refractivity contribution in [2.45, 2.75) is 18.2 Å². The van der Waals surface area contributed by atoms with Crippen molar-refractivity contribution in [3.63, 3.8) is 0 Å². The van der Waals surface area contributed by atoms with Gasteiger partial charge in [0, 0.05) is 5.56 Å². The Hall–Kier alpha value is -1.94. The van der Waals surface area contributed by atoms with Crippen LogP contribution >= 0.6 is 0 Å². The second-order valence-electron chi connectivity index (χ2n) is 4.61. The minimum absolute atomic E-state index is 0.0359. The third-order valence-corrected chi connectivity index (χ3v) is 4.61. The Bertz CT molecular complexity index is 647. The number of Topliss-reactive ketones (excluding diaryl/α,β-unsaturated/α-hetero) is 1. The summed E-state index contributed by atoms with van der Waals surface area (Å²) in [7, 11) is 0.122. The Morgan fingerprint density at radius 1 is 1.10 bits per heavy atom. The van der Waals surface area contributed by atoms with Crippen LogP contribution in [0.2, 0.25) is 0 Å². The van der Waals surface area contributed by atoms with Gasteiger partial charge in [-0.25, -0.2) is 0 Å². The predicted octanol–water partition coefficient (Wildman–Crippen LogP) is 3.25. The van der Waals surface area contributed by atoms with Crippen LogP contribution in [0.1, 0.15) is 22.8 Å². The maximum absolute atomic E-state index is 12.3. The zero-order valence-corrected chi connectivity index (χ0v) is 13.0. The van der Waals surface area contributed by atoms with Gasteiger partial charge >= 0.3 is 0 Å². The molecule has 3 nitrogen and oxygen atoms in total. The Labute approximate surface area is 127 Å². The monoisotopic (exact) mass is 302 g/mol. The highest BCUT2D eigenvalue weighted by Crippen LogP contribution is 2.22. The zero-order valence-electron chi connectivity index (χ0n) is 12.2. The summed E-state index contributed by atoms with van der Waals surface area (Å²) in [5.41, 5.74) is 1.77. The molecule has 0 saturated heterocycles. The van der Waals surface area contributed by atoms with E-state index in [2.05, 4.69) is 6.92 Å². The second-order valence-corrected chi connectivity index (χ2v) is 6.03. The van der Waals surface area contributed by atoms with Gasteiger partial charge in [0.15, 0.2) is 5.78 Å². The van der Waals surface area contributed by atoms with E-state index in [-0.39, 0.29) is 11.5 Å². The number of para-hydroxylation sites is 1. The lowest BCUT2D eigenvalue weighted by Gasteiger charge is -2.07. The Morgan fingerprint density at radius 2 is 1.76 bits per heavy atom. The lowest BCUT2D eigenvalue weighted by atomic mass is 10.1. The van der Waals surface area contributed by atoms with E-state index in [9.17, 15) is 9.00 Å². The molecule has 0 bridgehead atoms. The quantitative estimate of drug-likeness (QED) is 0.769. The molecule has 0 fully saturated rings. The van der Waals surface area contributed by atoms with Gasteiger partial charge in [-0.3, -0.25) is 9.00 Å². The van der Waals surface area contributed by atoms with Crippen LogP contribution < -0.4 is 4.74 Å². The van der Waals surface area contributed by atoms with Gasteiger partial charge < -0.3 is 4.74 Å². The number of hydrogen-bond acceptors (Lipinski definition) is 3. The molecule has 0 saturated carbocycles. The first-order valence-corrected chi connectivity index (χ1v) is 8.11. The van der Waals surface area contributed by atoms with Gasteiger partial charge in [0.25, 0.3) is 0 Å². The number of carbonyl (C=O) groups is 1. The summed E-state index contributed by atoms with van der Waals surface area (Å²) in [6.07, 6.45) is 0.932. The normalized spacial score (nSPS) is 11.9. The van der Waals surface area contributed by atoms with Crippen LogP contribution in [-0.2, 0) is 17.2 Å². The smallest absolute Gasteiger partial charge is 0.175 e. The van der Waals surface area contributed by atoms with E-state index in [0.29, 0.717) is 16.2 Å². The van der Waals surface area contributed by atoms with Crippen molar-refractivity contribution >= 4 is 16.6 Å². The molecule has 0 aliphatic rings. The van der Waals surface area contributed by atoms with Crippen LogP contribution in [0, 0.1) is 0 Å². The summed E-state index contributed by atoms with van der Waals surface area (Å²) in [6, 6.07) is 14.5. The molecule has 0 heterocycles. The van der Waals surface area contributed by atoms with Gasteiger partial charge in [-0.05, 0) is 24.1 Å². The van der Waals surface area contributed by atoms with E-state index in [4.69, 9.17) is 4.74 Å². The maximum Gasteiger partial charge on any atom is 0.175 e. The van der Waals surface area contributed by atoms with E-state index < -0.39 is 10.8 Å². The molecule has 0 amide bonds. The Morgan fingerprint density at radius 3 is 2.38 bits per heavy atom. The number of ether oxygens (including phenoxy) is 1. The van der Waals surface area contributed by atoms with Crippen molar-refractivity contribution in [1.82, 2.24) is 0 Å². The number of benzene rings is 2. The Kier molecular flexibility index (Phi) is 5.28. The molecule has 2 aromatic rings. The van der Waals surface area contributed by atoms with Crippen LogP contribution in [0.3, 0.4) is 0 Å². The number of aryl methyl sites for hydroxylation is 1. The minimum Gasteiger partial charge on any atom is -0.495 e. The summed E-state index contributed by atoms with van der Waals surface area (Å²) in [5.74, 6) is 0.387. The summed E-state index contributed by atoms with van der Waals surface area (Å²) >= 11 is 0. The fraction of sp³-hybridized carbons (Fsp3) is 0.235. The molecule has 1 atom stereocenters. The third kappa shape index (κ3) is 3.79. The molecular formula is C17H18O3S. The van der Waals surface area contributed by atoms with Crippen LogP contribution in [0.15, 0.2) is 53.4 Å². The minimum atomic E-state index is -1.41. The summed E-state index contributed by atoms with van der Waals surface area (Å²) < 4.78 is 17.5. The average molecular weight is 302 g/mol. The molecule has 110 valence electrons. The first kappa shape index (κ1) is 15.4. The average Bonchev–Trinajstić information content (AvgIpc) is 2.54. The lowest BCUT2D eigenvalue weighted by Crippen LogP contribution is -2.11. The van der Waals surface area contributed by atoms with Crippen molar-refractivity contribution in [3.05, 3.63) is 59.7 Å². The van der Waals surface area contributed by atoms with E-state index in [1.807, 2.05) is 18.2 Å². The van der Waals surface area contributed by atoms with Gasteiger partial charge in [-0.2, -0.15) is 0 Å². The number of rotatable bonds is 6. The molecular weight excluding hydrogens is 284 g/mol. The number of hydrogen-bond donors (Lipinski definition) is 0. The largest absolute Gasteiger partial charge is 0.495 e. The van der Waals surface area contributed by atoms with Crippen molar-refractivity contribution in [2.24, 2.45) is 0 Å². The topological polar surface area (TPSA) is 43.4 Å². The van der Waals surface area contributed by atoms with Gasteiger partial charge in [0.1, 0.15) is 5.75 Å². The molecule has 4 heteroatoms. The molecule has 21 heavy (non-hydrogen) atoms. The van der Waals surface area contributed by atoms with Gasteiger partial charge in [-0.1, -0.05) is 43.3 Å². The summed E-state index contributed by atoms with van der Waals surface area (Å²) in [5, 5.41) is 0. The summed E-state index contributed by atoms with van der Waals surface area (Å²) in [4.78, 5) is 12.7. The third-order valence-electron chi connectivity index (χ3n) is 3.26. The first-order chi connectivity index (χ1) is 10.2. The first-order valence-electron chi connectivity index (χ1n) is 6.79. The molecule has 0 aliphatic heterocycles. The van der Waals surface area contributed by atoms with Crippen molar-refractivity contribution in [1.29, 1.82) is 0 Å². The number of ketones is 1. The van der Waals surface area contributed by atoms with Gasteiger partial charge in [-0.15, -0.1) is 0 Å². The van der Waals surface area contributed by atoms with E-state index in [1.54, 1.807) is 30.3 Å². The van der Waals surface area contributed by atoms with E-state index in [1.165, 1.54) is 12.7 Å². The Balaban J connectivity index is 2.13. The molecule has 2 aromatic carbocycles. The SMILES string of the molecule is CCc1ccc(C(=O)CS(=O)c2ccccc2OC)cc1. The van der Waals surface area contributed by atoms with Crippen molar-refractivity contribution in [2.75, 3.05) is 12.9 Å². The van der Waals surface area contributed by atoms with Crippen molar-refractivity contribution in [3.8, 4) is 5.75 Å². The standard InChI is InChI=1S/C17H18O3S/c1-3-13-8-10-14(11-9-13)15(18)12-21(19)17-7-5-4-6-16(17)20-2/h4-11H,3,12H2,1-2H3. The fourth-order valence-corrected chi connectivity index (χ4v) is 3.18. The fourth-order valence-electron chi connectivity index (χ4n) is 2.01. The van der Waals surface area contributed by atoms with E-state index in [0.717, 1.165) is 6.42 Å². The lowest BCUT2D eigenvalue weighted by molar-refractivity contribution is 0.102. The molecule has 0 aromatic heterocycles. The zero-order chi connectivity index (χ0) is 15.2. The highest BCUT2D eigenvalue weighted by molar-refractivity contribution is 7.86. The van der Waals surface area contributed by atoms with Crippen LogP contribution in [0.5, 0.6) is 5.75 Å². The highest BCUT2D eigenvalue weighted by Gasteiger charge is 2.15.